The normalized spacial score (nSPS) is 27.1. The second kappa shape index (κ2) is 6.65. The number of benzene rings is 1. The van der Waals surface area contributed by atoms with Gasteiger partial charge in [-0.25, -0.2) is 4.39 Å². The van der Waals surface area contributed by atoms with Gasteiger partial charge in [0.1, 0.15) is 5.82 Å². The predicted octanol–water partition coefficient (Wildman–Crippen LogP) is 2.70. The molecule has 2 heterocycles. The van der Waals surface area contributed by atoms with E-state index in [4.69, 9.17) is 4.84 Å². The fourth-order valence-corrected chi connectivity index (χ4v) is 3.94. The van der Waals surface area contributed by atoms with Crippen molar-refractivity contribution in [2.75, 3.05) is 26.2 Å². The Morgan fingerprint density at radius 1 is 1.31 bits per heavy atom. The van der Waals surface area contributed by atoms with Crippen LogP contribution in [0.3, 0.4) is 0 Å². The minimum Gasteiger partial charge on any atom is -0.379 e. The first-order chi connectivity index (χ1) is 12.5. The molecule has 2 aliphatic heterocycles. The van der Waals surface area contributed by atoms with Crippen LogP contribution in [0.2, 0.25) is 0 Å². The van der Waals surface area contributed by atoms with Gasteiger partial charge in [0, 0.05) is 30.5 Å². The lowest BCUT2D eigenvalue weighted by molar-refractivity contribution is -0.142. The van der Waals surface area contributed by atoms with Crippen LogP contribution in [0.5, 0.6) is 0 Å². The topological polar surface area (TPSA) is 53.9 Å². The van der Waals surface area contributed by atoms with E-state index in [2.05, 4.69) is 15.4 Å². The Bertz CT molecular complexity index is 726. The third kappa shape index (κ3) is 3.47. The Kier molecular flexibility index (Phi) is 4.47. The summed E-state index contributed by atoms with van der Waals surface area (Å²) in [6, 6.07) is 6.45. The van der Waals surface area contributed by atoms with Crippen molar-refractivity contribution in [2.24, 2.45) is 10.6 Å². The van der Waals surface area contributed by atoms with Crippen molar-refractivity contribution in [2.45, 2.75) is 44.6 Å². The van der Waals surface area contributed by atoms with E-state index in [1.54, 1.807) is 25.1 Å². The van der Waals surface area contributed by atoms with Gasteiger partial charge in [0.05, 0.1) is 5.71 Å². The summed E-state index contributed by atoms with van der Waals surface area (Å²) in [4.78, 5) is 20.7. The maximum absolute atomic E-state index is 14.0. The first-order valence-corrected chi connectivity index (χ1v) is 9.50. The maximum Gasteiger partial charge on any atom is 0.267 e. The molecule has 1 aromatic rings. The summed E-state index contributed by atoms with van der Waals surface area (Å²) in [6.45, 7) is 5.82. The molecule has 26 heavy (non-hydrogen) atoms. The number of carbonyl (C=O) groups is 1. The Morgan fingerprint density at radius 2 is 2.04 bits per heavy atom. The molecule has 1 atom stereocenters. The number of oxime groups is 1. The molecule has 0 bridgehead atoms. The van der Waals surface area contributed by atoms with Gasteiger partial charge in [0.2, 0.25) is 5.60 Å². The van der Waals surface area contributed by atoms with Gasteiger partial charge in [-0.1, -0.05) is 23.4 Å². The molecule has 6 heteroatoms. The number of carbonyl (C=O) groups excluding carboxylic acids is 1. The summed E-state index contributed by atoms with van der Waals surface area (Å²) < 4.78 is 14.0. The summed E-state index contributed by atoms with van der Waals surface area (Å²) in [7, 11) is 0. The lowest BCUT2D eigenvalue weighted by Gasteiger charge is -2.26. The van der Waals surface area contributed by atoms with E-state index in [1.165, 1.54) is 44.8 Å². The van der Waals surface area contributed by atoms with Gasteiger partial charge >= 0.3 is 0 Å². The van der Waals surface area contributed by atoms with Gasteiger partial charge < -0.3 is 15.1 Å². The molecule has 0 spiro atoms. The number of nitrogens with zero attached hydrogens (tertiary/aromatic N) is 2. The van der Waals surface area contributed by atoms with Crippen molar-refractivity contribution in [1.29, 1.82) is 0 Å². The second-order valence-corrected chi connectivity index (χ2v) is 8.18. The van der Waals surface area contributed by atoms with Gasteiger partial charge in [-0.3, -0.25) is 4.79 Å². The van der Waals surface area contributed by atoms with E-state index in [-0.39, 0.29) is 23.6 Å². The van der Waals surface area contributed by atoms with Crippen LogP contribution in [0.25, 0.3) is 0 Å². The third-order valence-corrected chi connectivity index (χ3v) is 5.87. The number of halogens is 1. The van der Waals surface area contributed by atoms with Crippen molar-refractivity contribution < 1.29 is 14.0 Å². The number of rotatable bonds is 6. The maximum atomic E-state index is 14.0. The zero-order chi connectivity index (χ0) is 18.2. The lowest BCUT2D eigenvalue weighted by Crippen LogP contribution is -2.47. The number of likely N-dealkylation sites (tertiary alicyclic amines) is 1. The van der Waals surface area contributed by atoms with Crippen LogP contribution >= 0.6 is 0 Å². The van der Waals surface area contributed by atoms with Crippen molar-refractivity contribution in [3.8, 4) is 0 Å². The first kappa shape index (κ1) is 17.5. The zero-order valence-corrected chi connectivity index (χ0v) is 15.3. The number of hydrogen-bond acceptors (Lipinski definition) is 4. The molecular formula is C20H26FN3O2. The van der Waals surface area contributed by atoms with Crippen LogP contribution in [0.1, 0.15) is 44.6 Å². The van der Waals surface area contributed by atoms with Crippen molar-refractivity contribution >= 4 is 11.6 Å². The van der Waals surface area contributed by atoms with Crippen LogP contribution in [0.4, 0.5) is 4.39 Å². The molecule has 1 aromatic carbocycles. The summed E-state index contributed by atoms with van der Waals surface area (Å²) in [5, 5.41) is 7.06. The van der Waals surface area contributed by atoms with Crippen LogP contribution in [-0.2, 0) is 9.63 Å². The molecule has 1 N–H and O–H groups in total. The molecule has 0 aromatic heterocycles. The lowest BCUT2D eigenvalue weighted by atomic mass is 9.94. The molecule has 1 saturated heterocycles. The highest BCUT2D eigenvalue weighted by atomic mass is 19.1. The zero-order valence-electron chi connectivity index (χ0n) is 15.3. The summed E-state index contributed by atoms with van der Waals surface area (Å²) in [6.07, 6.45) is 5.17. The summed E-state index contributed by atoms with van der Waals surface area (Å²) >= 11 is 0. The minimum atomic E-state index is -1.07. The SMILES string of the molecule is CC1(C(=O)NCC2(CN3CCCC3)CC2)CC(c2ccccc2F)=NO1. The predicted molar refractivity (Wildman–Crippen MR) is 97.4 cm³/mol. The molecular weight excluding hydrogens is 333 g/mol. The van der Waals surface area contributed by atoms with Crippen LogP contribution < -0.4 is 5.32 Å². The summed E-state index contributed by atoms with van der Waals surface area (Å²) in [5.41, 5.74) is 0.0431. The van der Waals surface area contributed by atoms with E-state index in [0.717, 1.165) is 6.54 Å². The average molecular weight is 359 g/mol. The first-order valence-electron chi connectivity index (χ1n) is 9.50. The Labute approximate surface area is 153 Å². The van der Waals surface area contributed by atoms with E-state index >= 15 is 0 Å². The molecule has 1 unspecified atom stereocenters. The van der Waals surface area contributed by atoms with E-state index in [9.17, 15) is 9.18 Å². The van der Waals surface area contributed by atoms with Gasteiger partial charge in [0.15, 0.2) is 0 Å². The van der Waals surface area contributed by atoms with Crippen molar-refractivity contribution in [3.05, 3.63) is 35.6 Å². The smallest absolute Gasteiger partial charge is 0.267 e. The van der Waals surface area contributed by atoms with Gasteiger partial charge in [0.25, 0.3) is 5.91 Å². The van der Waals surface area contributed by atoms with E-state index in [1.807, 2.05) is 0 Å². The molecule has 1 aliphatic carbocycles. The van der Waals surface area contributed by atoms with Gasteiger partial charge in [-0.15, -0.1) is 0 Å². The fourth-order valence-electron chi connectivity index (χ4n) is 3.94. The molecule has 1 saturated carbocycles. The van der Waals surface area contributed by atoms with Crippen molar-refractivity contribution in [1.82, 2.24) is 10.2 Å². The monoisotopic (exact) mass is 359 g/mol. The largest absolute Gasteiger partial charge is 0.379 e. The fraction of sp³-hybridized carbons (Fsp3) is 0.600. The van der Waals surface area contributed by atoms with E-state index in [0.29, 0.717) is 17.8 Å². The highest BCUT2D eigenvalue weighted by molar-refractivity contribution is 6.05. The summed E-state index contributed by atoms with van der Waals surface area (Å²) in [5.74, 6) is -0.512. The number of hydrogen-bond donors (Lipinski definition) is 1. The van der Waals surface area contributed by atoms with Crippen LogP contribution in [0.15, 0.2) is 29.4 Å². The van der Waals surface area contributed by atoms with Gasteiger partial charge in [-0.2, -0.15) is 0 Å². The molecule has 2 fully saturated rings. The molecule has 4 rings (SSSR count). The quantitative estimate of drug-likeness (QED) is 0.850. The minimum absolute atomic E-state index is 0.166. The second-order valence-electron chi connectivity index (χ2n) is 8.18. The Hall–Kier alpha value is -1.95. The molecule has 1 amide bonds. The van der Waals surface area contributed by atoms with Crippen LogP contribution in [-0.4, -0.2) is 48.3 Å². The Balaban J connectivity index is 1.33. The molecule has 140 valence electrons. The standard InChI is InChI=1S/C20H26FN3O2/c1-19(12-17(23-26-19)15-6-2-3-7-16(15)21)18(25)22-13-20(8-9-20)14-24-10-4-5-11-24/h2-3,6-7H,4-5,8-14H2,1H3,(H,22,25). The van der Waals surface area contributed by atoms with Crippen molar-refractivity contribution in [3.63, 3.8) is 0 Å². The number of nitrogens with one attached hydrogen (secondary N) is 1. The Morgan fingerprint density at radius 3 is 2.73 bits per heavy atom. The molecule has 3 aliphatic rings. The highest BCUT2D eigenvalue weighted by Crippen LogP contribution is 2.46. The van der Waals surface area contributed by atoms with E-state index < -0.39 is 5.60 Å². The van der Waals surface area contributed by atoms with Crippen LogP contribution in [0, 0.1) is 11.2 Å². The third-order valence-electron chi connectivity index (χ3n) is 5.87. The molecule has 5 nitrogen and oxygen atoms in total. The van der Waals surface area contributed by atoms with Gasteiger partial charge in [-0.05, 0) is 51.8 Å². The molecule has 0 radical (unpaired) electrons. The average Bonchev–Trinajstić information content (AvgIpc) is 3.01. The number of amides is 1. The highest BCUT2D eigenvalue weighted by Gasteiger charge is 2.47.